The predicted octanol–water partition coefficient (Wildman–Crippen LogP) is 2.87. The lowest BCUT2D eigenvalue weighted by Crippen LogP contribution is -2.10. The molecule has 5 nitrogen and oxygen atoms in total. The van der Waals surface area contributed by atoms with Crippen molar-refractivity contribution in [1.82, 2.24) is 0 Å². The molecule has 1 unspecified atom stereocenters. The Labute approximate surface area is 102 Å². The highest BCUT2D eigenvalue weighted by atomic mass is 17.5. The molecule has 1 N–H and O–H groups in total. The third-order valence-electron chi connectivity index (χ3n) is 2.24. The highest BCUT2D eigenvalue weighted by molar-refractivity contribution is 5.81. The van der Waals surface area contributed by atoms with Crippen molar-refractivity contribution in [1.29, 1.82) is 0 Å². The van der Waals surface area contributed by atoms with Gasteiger partial charge < -0.3 is 4.74 Å². The van der Waals surface area contributed by atoms with Crippen molar-refractivity contribution in [2.75, 3.05) is 6.61 Å². The minimum Gasteiger partial charge on any atom is -0.463 e. The first-order chi connectivity index (χ1) is 8.24. The summed E-state index contributed by atoms with van der Waals surface area (Å²) in [6.45, 7) is 4.20. The van der Waals surface area contributed by atoms with Gasteiger partial charge in [-0.3, -0.25) is 0 Å². The van der Waals surface area contributed by atoms with Gasteiger partial charge in [0.1, 0.15) is 6.10 Å². The van der Waals surface area contributed by atoms with Crippen LogP contribution in [0.25, 0.3) is 0 Å². The van der Waals surface area contributed by atoms with Crippen molar-refractivity contribution < 1.29 is 24.7 Å². The SMILES string of the molecule is CCCCCCC(C=CC(=O)OCC)OOO. The Morgan fingerprint density at radius 2 is 2.06 bits per heavy atom. The number of unbranched alkanes of at least 4 members (excludes halogenated alkanes) is 3. The Kier molecular flexibility index (Phi) is 11.0. The van der Waals surface area contributed by atoms with Gasteiger partial charge in [-0.1, -0.05) is 37.6 Å². The molecule has 0 fully saturated rings. The molecule has 0 aromatic rings. The zero-order valence-electron chi connectivity index (χ0n) is 10.6. The van der Waals surface area contributed by atoms with Crippen LogP contribution >= 0.6 is 0 Å². The maximum atomic E-state index is 11.1. The first kappa shape index (κ1) is 16.1. The second-order valence-electron chi connectivity index (χ2n) is 3.67. The lowest BCUT2D eigenvalue weighted by atomic mass is 10.1. The van der Waals surface area contributed by atoms with Gasteiger partial charge in [-0.05, 0) is 19.4 Å². The van der Waals surface area contributed by atoms with Gasteiger partial charge in [0.2, 0.25) is 0 Å². The van der Waals surface area contributed by atoms with E-state index in [-0.39, 0.29) is 0 Å². The summed E-state index contributed by atoms with van der Waals surface area (Å²) >= 11 is 0. The number of ether oxygens (including phenoxy) is 1. The van der Waals surface area contributed by atoms with Crippen LogP contribution in [0, 0.1) is 0 Å². The zero-order chi connectivity index (χ0) is 12.9. The number of esters is 1. The maximum absolute atomic E-state index is 11.1. The highest BCUT2D eigenvalue weighted by Gasteiger charge is 2.07. The molecule has 0 heterocycles. The molecule has 0 aliphatic carbocycles. The lowest BCUT2D eigenvalue weighted by molar-refractivity contribution is -0.501. The Bertz CT molecular complexity index is 215. The standard InChI is InChI=1S/C12H22O5/c1-3-5-6-7-8-11(16-17-14)9-10-12(13)15-4-2/h9-11,14H,3-8H2,1-2H3. The molecule has 0 saturated carbocycles. The van der Waals surface area contributed by atoms with Crippen LogP contribution < -0.4 is 0 Å². The molecule has 17 heavy (non-hydrogen) atoms. The monoisotopic (exact) mass is 246 g/mol. The number of rotatable bonds is 10. The summed E-state index contributed by atoms with van der Waals surface area (Å²) in [6.07, 6.45) is 7.43. The van der Waals surface area contributed by atoms with Crippen LogP contribution in [-0.2, 0) is 19.5 Å². The van der Waals surface area contributed by atoms with E-state index < -0.39 is 12.1 Å². The highest BCUT2D eigenvalue weighted by Crippen LogP contribution is 2.09. The van der Waals surface area contributed by atoms with Crippen LogP contribution in [0.3, 0.4) is 0 Å². The van der Waals surface area contributed by atoms with E-state index in [9.17, 15) is 4.79 Å². The smallest absolute Gasteiger partial charge is 0.330 e. The Morgan fingerprint density at radius 3 is 2.65 bits per heavy atom. The van der Waals surface area contributed by atoms with Gasteiger partial charge in [0.15, 0.2) is 0 Å². The van der Waals surface area contributed by atoms with E-state index in [1.54, 1.807) is 6.92 Å². The topological polar surface area (TPSA) is 65.0 Å². The molecular weight excluding hydrogens is 224 g/mol. The fourth-order valence-corrected chi connectivity index (χ4v) is 1.38. The molecule has 0 bridgehead atoms. The van der Waals surface area contributed by atoms with Gasteiger partial charge in [0.05, 0.1) is 6.61 Å². The molecule has 0 amide bonds. The fraction of sp³-hybridized carbons (Fsp3) is 0.750. The van der Waals surface area contributed by atoms with Crippen LogP contribution in [0.5, 0.6) is 0 Å². The summed E-state index contributed by atoms with van der Waals surface area (Å²) in [5.41, 5.74) is 0. The summed E-state index contributed by atoms with van der Waals surface area (Å²) < 4.78 is 4.73. The number of hydrogen-bond acceptors (Lipinski definition) is 5. The largest absolute Gasteiger partial charge is 0.463 e. The molecule has 100 valence electrons. The normalized spacial score (nSPS) is 12.9. The molecular formula is C12H22O5. The van der Waals surface area contributed by atoms with Gasteiger partial charge >= 0.3 is 5.97 Å². The van der Waals surface area contributed by atoms with Crippen LogP contribution in [-0.4, -0.2) is 23.9 Å². The van der Waals surface area contributed by atoms with E-state index in [0.29, 0.717) is 13.0 Å². The van der Waals surface area contributed by atoms with E-state index in [1.165, 1.54) is 12.2 Å². The van der Waals surface area contributed by atoms with Gasteiger partial charge in [-0.2, -0.15) is 4.89 Å². The second-order valence-corrected chi connectivity index (χ2v) is 3.67. The zero-order valence-corrected chi connectivity index (χ0v) is 10.6. The average Bonchev–Trinajstić information content (AvgIpc) is 2.32. The van der Waals surface area contributed by atoms with Gasteiger partial charge in [0.25, 0.3) is 0 Å². The second kappa shape index (κ2) is 11.6. The van der Waals surface area contributed by atoms with Crippen LogP contribution in [0.1, 0.15) is 46.0 Å². The van der Waals surface area contributed by atoms with Crippen molar-refractivity contribution in [3.05, 3.63) is 12.2 Å². The number of carbonyl (C=O) groups excluding carboxylic acids is 1. The van der Waals surface area contributed by atoms with Crippen molar-refractivity contribution in [3.63, 3.8) is 0 Å². The molecule has 0 spiro atoms. The third kappa shape index (κ3) is 9.99. The minimum absolute atomic E-state index is 0.335. The van der Waals surface area contributed by atoms with E-state index in [0.717, 1.165) is 25.7 Å². The summed E-state index contributed by atoms with van der Waals surface area (Å²) in [5, 5.41) is 11.9. The van der Waals surface area contributed by atoms with E-state index in [1.807, 2.05) is 0 Å². The summed E-state index contributed by atoms with van der Waals surface area (Å²) in [7, 11) is 0. The maximum Gasteiger partial charge on any atom is 0.330 e. The van der Waals surface area contributed by atoms with Crippen LogP contribution in [0.15, 0.2) is 12.2 Å². The lowest BCUT2D eigenvalue weighted by Gasteiger charge is -2.09. The number of carbonyl (C=O) groups is 1. The molecule has 0 aromatic heterocycles. The summed E-state index contributed by atoms with van der Waals surface area (Å²) in [5.74, 6) is -0.424. The first-order valence-electron chi connectivity index (χ1n) is 6.06. The van der Waals surface area contributed by atoms with Gasteiger partial charge in [-0.25, -0.2) is 10.1 Å². The number of hydrogen-bond donors (Lipinski definition) is 1. The molecule has 1 atom stereocenters. The molecule has 0 saturated heterocycles. The minimum atomic E-state index is -0.429. The molecule has 0 aliphatic heterocycles. The summed E-state index contributed by atoms with van der Waals surface area (Å²) in [6, 6.07) is 0. The molecule has 5 heteroatoms. The average molecular weight is 246 g/mol. The van der Waals surface area contributed by atoms with Crippen molar-refractivity contribution in [2.24, 2.45) is 0 Å². The van der Waals surface area contributed by atoms with E-state index >= 15 is 0 Å². The molecule has 0 aromatic carbocycles. The van der Waals surface area contributed by atoms with Crippen LogP contribution in [0.4, 0.5) is 0 Å². The summed E-state index contributed by atoms with van der Waals surface area (Å²) in [4.78, 5) is 15.7. The third-order valence-corrected chi connectivity index (χ3v) is 2.24. The first-order valence-corrected chi connectivity index (χ1v) is 6.06. The Hall–Kier alpha value is -0.910. The van der Waals surface area contributed by atoms with E-state index in [4.69, 9.17) is 9.99 Å². The van der Waals surface area contributed by atoms with E-state index in [2.05, 4.69) is 16.8 Å². The van der Waals surface area contributed by atoms with Crippen molar-refractivity contribution in [2.45, 2.75) is 52.1 Å². The quantitative estimate of drug-likeness (QED) is 0.211. The Morgan fingerprint density at radius 1 is 1.29 bits per heavy atom. The van der Waals surface area contributed by atoms with Crippen LogP contribution in [0.2, 0.25) is 0 Å². The van der Waals surface area contributed by atoms with Crippen molar-refractivity contribution in [3.8, 4) is 0 Å². The molecule has 0 aliphatic rings. The fourth-order valence-electron chi connectivity index (χ4n) is 1.38. The molecule has 0 rings (SSSR count). The molecule has 0 radical (unpaired) electrons. The van der Waals surface area contributed by atoms with Gasteiger partial charge in [-0.15, -0.1) is 0 Å². The van der Waals surface area contributed by atoms with Gasteiger partial charge in [0, 0.05) is 6.08 Å². The predicted molar refractivity (Wildman–Crippen MR) is 63.1 cm³/mol. The van der Waals surface area contributed by atoms with Crippen molar-refractivity contribution >= 4 is 5.97 Å². The Balaban J connectivity index is 3.91.